The summed E-state index contributed by atoms with van der Waals surface area (Å²) in [4.78, 5) is 16.3. The normalized spacial score (nSPS) is 23.6. The maximum Gasteiger partial charge on any atom is 0.329 e. The van der Waals surface area contributed by atoms with Gasteiger partial charge in [-0.05, 0) is 68.8 Å². The van der Waals surface area contributed by atoms with Crippen LogP contribution in [0.2, 0.25) is 18.1 Å². The Bertz CT molecular complexity index is 1040. The topological polar surface area (TPSA) is 39.4 Å². The molecular formula is C30H51N3O2Si. The van der Waals surface area contributed by atoms with Gasteiger partial charge >= 0.3 is 5.69 Å². The third kappa shape index (κ3) is 6.02. The van der Waals surface area contributed by atoms with Crippen molar-refractivity contribution in [2.24, 2.45) is 5.92 Å². The molecule has 1 aliphatic heterocycles. The van der Waals surface area contributed by atoms with Gasteiger partial charge in [0.25, 0.3) is 0 Å². The molecular weight excluding hydrogens is 462 g/mol. The lowest BCUT2D eigenvalue weighted by Crippen LogP contribution is -2.51. The second-order valence-electron chi connectivity index (χ2n) is 13.0. The van der Waals surface area contributed by atoms with Crippen molar-refractivity contribution in [3.05, 3.63) is 34.7 Å². The summed E-state index contributed by atoms with van der Waals surface area (Å²) in [5, 5.41) is 0.205. The predicted octanol–water partition coefficient (Wildman–Crippen LogP) is 7.21. The summed E-state index contributed by atoms with van der Waals surface area (Å²) in [6, 6.07) is 8.95. The van der Waals surface area contributed by atoms with Crippen LogP contribution < -0.4 is 5.69 Å². The van der Waals surface area contributed by atoms with Gasteiger partial charge in [-0.3, -0.25) is 14.0 Å². The molecule has 0 amide bonds. The molecule has 2 unspecified atom stereocenters. The molecule has 0 radical (unpaired) electrons. The number of rotatable bonds is 7. The molecule has 6 heteroatoms. The number of hydrogen-bond donors (Lipinski definition) is 0. The average molecular weight is 514 g/mol. The van der Waals surface area contributed by atoms with Gasteiger partial charge in [0, 0.05) is 38.3 Å². The van der Waals surface area contributed by atoms with Gasteiger partial charge < -0.3 is 4.43 Å². The fraction of sp³-hybridized carbons (Fsp3) is 0.767. The lowest BCUT2D eigenvalue weighted by molar-refractivity contribution is 0.0548. The number of aryl methyl sites for hydroxylation is 1. The Kier molecular flexibility index (Phi) is 8.89. The minimum absolute atomic E-state index is 0.154. The van der Waals surface area contributed by atoms with E-state index in [0.717, 1.165) is 42.9 Å². The van der Waals surface area contributed by atoms with E-state index < -0.39 is 8.32 Å². The van der Waals surface area contributed by atoms with E-state index in [4.69, 9.17) is 4.43 Å². The molecule has 1 aromatic heterocycles. The van der Waals surface area contributed by atoms with Crippen molar-refractivity contribution in [2.45, 2.75) is 122 Å². The van der Waals surface area contributed by atoms with Crippen molar-refractivity contribution >= 4 is 19.4 Å². The number of hydrogen-bond acceptors (Lipinski definition) is 3. The van der Waals surface area contributed by atoms with Crippen LogP contribution >= 0.6 is 0 Å². The summed E-state index contributed by atoms with van der Waals surface area (Å²) >= 11 is 0. The first-order chi connectivity index (χ1) is 17.1. The maximum atomic E-state index is 13.5. The second kappa shape index (κ2) is 11.6. The standard InChI is InChI=1S/C30H51N3O2Si/c1-7-32-27-17-13-14-18-28(27)33(29(32)34)25-19-20-31(22-24-15-11-9-8-10-12-16-24)26(21-25)23-35-36(5,6)30(2,3)4/h13-14,17-18,24-26H,7-12,15-16,19-23H2,1-6H3. The van der Waals surface area contributed by atoms with E-state index in [9.17, 15) is 4.79 Å². The summed E-state index contributed by atoms with van der Waals surface area (Å²) in [7, 11) is -1.84. The number of aromatic nitrogens is 2. The Morgan fingerprint density at radius 1 is 0.972 bits per heavy atom. The van der Waals surface area contributed by atoms with Crippen molar-refractivity contribution in [1.82, 2.24) is 14.0 Å². The van der Waals surface area contributed by atoms with Crippen LogP contribution in [0, 0.1) is 5.92 Å². The first-order valence-electron chi connectivity index (χ1n) is 14.7. The van der Waals surface area contributed by atoms with Crippen molar-refractivity contribution < 1.29 is 4.43 Å². The van der Waals surface area contributed by atoms with E-state index >= 15 is 0 Å². The first kappa shape index (κ1) is 27.7. The van der Waals surface area contributed by atoms with Gasteiger partial charge in [-0.25, -0.2) is 4.79 Å². The van der Waals surface area contributed by atoms with Gasteiger partial charge in [0.2, 0.25) is 0 Å². The zero-order chi connectivity index (χ0) is 25.9. The molecule has 1 aliphatic carbocycles. The molecule has 1 saturated heterocycles. The zero-order valence-corrected chi connectivity index (χ0v) is 24.9. The number of piperidine rings is 1. The van der Waals surface area contributed by atoms with Crippen LogP contribution in [0.1, 0.15) is 91.5 Å². The molecule has 2 heterocycles. The van der Waals surface area contributed by atoms with Gasteiger partial charge in [-0.15, -0.1) is 0 Å². The van der Waals surface area contributed by atoms with Gasteiger partial charge in [0.15, 0.2) is 8.32 Å². The quantitative estimate of drug-likeness (QED) is 0.367. The minimum atomic E-state index is -1.84. The highest BCUT2D eigenvalue weighted by Gasteiger charge is 2.39. The first-order valence-corrected chi connectivity index (χ1v) is 17.6. The molecule has 0 N–H and O–H groups in total. The Balaban J connectivity index is 1.58. The van der Waals surface area contributed by atoms with Crippen LogP contribution in [0.25, 0.3) is 11.0 Å². The number of benzene rings is 1. The molecule has 1 saturated carbocycles. The SMILES string of the molecule is CCn1c(=O)n(C2CCN(CC3CCCCCCC3)C(CO[Si](C)(C)C(C)(C)C)C2)c2ccccc21. The summed E-state index contributed by atoms with van der Waals surface area (Å²) in [6.07, 6.45) is 11.8. The van der Waals surface area contributed by atoms with Gasteiger partial charge in [0.1, 0.15) is 0 Å². The van der Waals surface area contributed by atoms with Crippen LogP contribution in [-0.4, -0.2) is 48.1 Å². The molecule has 202 valence electrons. The number of fused-ring (bicyclic) bond motifs is 1. The maximum absolute atomic E-state index is 13.5. The summed E-state index contributed by atoms with van der Waals surface area (Å²) in [5.41, 5.74) is 2.31. The minimum Gasteiger partial charge on any atom is -0.415 e. The van der Waals surface area contributed by atoms with Crippen LogP contribution in [0.3, 0.4) is 0 Å². The van der Waals surface area contributed by atoms with Crippen LogP contribution in [0.4, 0.5) is 0 Å². The fourth-order valence-electron chi connectivity index (χ4n) is 6.19. The van der Waals surface area contributed by atoms with Crippen molar-refractivity contribution in [3.8, 4) is 0 Å². The number of imidazole rings is 1. The smallest absolute Gasteiger partial charge is 0.329 e. The molecule has 2 fully saturated rings. The molecule has 36 heavy (non-hydrogen) atoms. The fourth-order valence-corrected chi connectivity index (χ4v) is 7.24. The van der Waals surface area contributed by atoms with E-state index in [2.05, 4.69) is 68.5 Å². The van der Waals surface area contributed by atoms with E-state index in [0.29, 0.717) is 12.6 Å². The monoisotopic (exact) mass is 513 g/mol. The molecule has 0 bridgehead atoms. The van der Waals surface area contributed by atoms with Crippen molar-refractivity contribution in [2.75, 3.05) is 19.7 Å². The molecule has 2 aliphatic rings. The van der Waals surface area contributed by atoms with Gasteiger partial charge in [-0.2, -0.15) is 0 Å². The van der Waals surface area contributed by atoms with E-state index in [1.165, 1.54) is 51.5 Å². The Hall–Kier alpha value is -1.37. The highest BCUT2D eigenvalue weighted by molar-refractivity contribution is 6.74. The molecule has 2 aromatic rings. The third-order valence-electron chi connectivity index (χ3n) is 9.52. The van der Waals surface area contributed by atoms with Crippen molar-refractivity contribution in [1.29, 1.82) is 0 Å². The summed E-state index contributed by atoms with van der Waals surface area (Å²) < 4.78 is 10.9. The molecule has 5 nitrogen and oxygen atoms in total. The van der Waals surface area contributed by atoms with E-state index in [1.807, 2.05) is 10.6 Å². The van der Waals surface area contributed by atoms with Crippen LogP contribution in [-0.2, 0) is 11.0 Å². The second-order valence-corrected chi connectivity index (χ2v) is 17.8. The average Bonchev–Trinajstić information content (AvgIpc) is 3.10. The number of para-hydroxylation sites is 2. The molecule has 0 spiro atoms. The van der Waals surface area contributed by atoms with E-state index in [-0.39, 0.29) is 16.8 Å². The van der Waals surface area contributed by atoms with Crippen LogP contribution in [0.5, 0.6) is 0 Å². The Morgan fingerprint density at radius 2 is 1.61 bits per heavy atom. The van der Waals surface area contributed by atoms with Crippen molar-refractivity contribution in [3.63, 3.8) is 0 Å². The van der Waals surface area contributed by atoms with E-state index in [1.54, 1.807) is 0 Å². The highest BCUT2D eigenvalue weighted by Crippen LogP contribution is 2.38. The third-order valence-corrected chi connectivity index (χ3v) is 14.0. The Morgan fingerprint density at radius 3 is 2.25 bits per heavy atom. The molecule has 4 rings (SSSR count). The van der Waals surface area contributed by atoms with Crippen LogP contribution in [0.15, 0.2) is 29.1 Å². The molecule has 2 atom stereocenters. The summed E-state index contributed by atoms with van der Waals surface area (Å²) in [5.74, 6) is 0.807. The predicted molar refractivity (Wildman–Crippen MR) is 154 cm³/mol. The lowest BCUT2D eigenvalue weighted by atomic mass is 9.89. The molecule has 1 aromatic carbocycles. The number of likely N-dealkylation sites (tertiary alicyclic amines) is 1. The number of nitrogens with zero attached hydrogens (tertiary/aromatic N) is 3. The highest BCUT2D eigenvalue weighted by atomic mass is 28.4. The van der Waals surface area contributed by atoms with Gasteiger partial charge in [0.05, 0.1) is 11.0 Å². The Labute approximate surface area is 220 Å². The lowest BCUT2D eigenvalue weighted by Gasteiger charge is -2.44. The zero-order valence-electron chi connectivity index (χ0n) is 23.9. The largest absolute Gasteiger partial charge is 0.415 e. The van der Waals surface area contributed by atoms with Gasteiger partial charge in [-0.1, -0.05) is 65.0 Å². The summed E-state index contributed by atoms with van der Waals surface area (Å²) in [6.45, 7) is 17.6.